The molecule has 1 N–H and O–H groups in total. The number of amides is 2. The number of quaternary nitrogens is 1. The van der Waals surface area contributed by atoms with Crippen molar-refractivity contribution in [3.63, 3.8) is 0 Å². The lowest BCUT2D eigenvalue weighted by molar-refractivity contribution is -0.924. The average molecular weight is 386 g/mol. The molecule has 0 radical (unpaired) electrons. The van der Waals surface area contributed by atoms with Crippen molar-refractivity contribution in [2.75, 3.05) is 16.5 Å². The Morgan fingerprint density at radius 3 is 2.54 bits per heavy atom. The van der Waals surface area contributed by atoms with Gasteiger partial charge in [0, 0.05) is 10.6 Å². The third kappa shape index (κ3) is 2.27. The lowest BCUT2D eigenvalue weighted by Gasteiger charge is -2.25. The number of carbonyl (C=O) groups excluding carboxylic acids is 2. The molecule has 4 nitrogen and oxygen atoms in total. The first-order chi connectivity index (χ1) is 12.7. The molecule has 132 valence electrons. The van der Waals surface area contributed by atoms with Crippen LogP contribution in [0.25, 0.3) is 0 Å². The Morgan fingerprint density at radius 2 is 1.77 bits per heavy atom. The van der Waals surface area contributed by atoms with Gasteiger partial charge in [-0.25, -0.2) is 4.90 Å². The van der Waals surface area contributed by atoms with Gasteiger partial charge in [-0.1, -0.05) is 53.7 Å². The Balaban J connectivity index is 1.60. The van der Waals surface area contributed by atoms with Crippen molar-refractivity contribution in [1.29, 1.82) is 0 Å². The zero-order valence-corrected chi connectivity index (χ0v) is 15.5. The minimum atomic E-state index is -0.304. The van der Waals surface area contributed by atoms with E-state index in [1.165, 1.54) is 9.80 Å². The Bertz CT molecular complexity index is 890. The van der Waals surface area contributed by atoms with E-state index in [1.807, 2.05) is 66.4 Å². The van der Waals surface area contributed by atoms with Crippen molar-refractivity contribution >= 4 is 40.9 Å². The van der Waals surface area contributed by atoms with E-state index >= 15 is 0 Å². The molecule has 1 unspecified atom stereocenters. The molecule has 0 saturated carbocycles. The first-order valence-electron chi connectivity index (χ1n) is 8.78. The van der Waals surface area contributed by atoms with E-state index in [0.717, 1.165) is 17.2 Å². The third-order valence-corrected chi connectivity index (χ3v) is 7.22. The van der Waals surface area contributed by atoms with Crippen LogP contribution in [0, 0.1) is 11.8 Å². The number of rotatable bonds is 2. The maximum atomic E-state index is 13.3. The van der Waals surface area contributed by atoms with Gasteiger partial charge in [-0.15, -0.1) is 0 Å². The van der Waals surface area contributed by atoms with Gasteiger partial charge in [0.1, 0.15) is 29.8 Å². The number of fused-ring (bicyclic) bond motifs is 3. The van der Waals surface area contributed by atoms with E-state index in [1.54, 1.807) is 0 Å². The van der Waals surface area contributed by atoms with Gasteiger partial charge >= 0.3 is 0 Å². The summed E-state index contributed by atoms with van der Waals surface area (Å²) in [5.41, 5.74) is 1.73. The lowest BCUT2D eigenvalue weighted by atomic mass is 9.87. The van der Waals surface area contributed by atoms with Crippen LogP contribution in [0.15, 0.2) is 54.6 Å². The highest BCUT2D eigenvalue weighted by Crippen LogP contribution is 2.44. The van der Waals surface area contributed by atoms with Crippen LogP contribution in [-0.2, 0) is 9.59 Å². The predicted octanol–water partition coefficient (Wildman–Crippen LogP) is 2.16. The number of para-hydroxylation sites is 1. The van der Waals surface area contributed by atoms with E-state index in [2.05, 4.69) is 0 Å². The van der Waals surface area contributed by atoms with Crippen molar-refractivity contribution in [2.24, 2.45) is 11.8 Å². The molecule has 0 bridgehead atoms. The van der Waals surface area contributed by atoms with Gasteiger partial charge in [0.25, 0.3) is 0 Å². The molecular formula is C20H18ClN2O2S+. The molecule has 0 aliphatic carbocycles. The van der Waals surface area contributed by atoms with E-state index in [-0.39, 0.29) is 35.7 Å². The fourth-order valence-electron chi connectivity index (χ4n) is 4.84. The quantitative estimate of drug-likeness (QED) is 0.805. The number of anilines is 1. The smallest absolute Gasteiger partial charge is 0.244 e. The number of benzene rings is 2. The van der Waals surface area contributed by atoms with Crippen LogP contribution in [0.4, 0.5) is 5.69 Å². The lowest BCUT2D eigenvalue weighted by Crippen LogP contribution is -3.12. The van der Waals surface area contributed by atoms with Gasteiger partial charge in [-0.3, -0.25) is 9.59 Å². The third-order valence-electron chi connectivity index (χ3n) is 5.85. The summed E-state index contributed by atoms with van der Waals surface area (Å²) in [4.78, 5) is 29.3. The number of nitrogens with zero attached hydrogens (tertiary/aromatic N) is 1. The van der Waals surface area contributed by atoms with Gasteiger partial charge in [-0.05, 0) is 24.3 Å². The summed E-state index contributed by atoms with van der Waals surface area (Å²) < 4.78 is 0. The number of nitrogens with one attached hydrogen (secondary N) is 1. The number of carbonyl (C=O) groups is 2. The molecule has 3 fully saturated rings. The largest absolute Gasteiger partial charge is 0.316 e. The van der Waals surface area contributed by atoms with Crippen molar-refractivity contribution in [3.8, 4) is 0 Å². The summed E-state index contributed by atoms with van der Waals surface area (Å²) >= 11 is 8.09. The van der Waals surface area contributed by atoms with Crippen LogP contribution in [0.2, 0.25) is 5.02 Å². The van der Waals surface area contributed by atoms with Crippen LogP contribution in [-0.4, -0.2) is 29.5 Å². The second kappa shape index (κ2) is 6.12. The molecule has 2 aromatic rings. The molecule has 0 spiro atoms. The van der Waals surface area contributed by atoms with Crippen molar-refractivity contribution in [2.45, 2.75) is 12.1 Å². The minimum Gasteiger partial charge on any atom is -0.316 e. The number of thioether (sulfide) groups is 1. The van der Waals surface area contributed by atoms with Gasteiger partial charge in [-0.2, -0.15) is 0 Å². The molecule has 3 heterocycles. The summed E-state index contributed by atoms with van der Waals surface area (Å²) in [6.45, 7) is 0. The van der Waals surface area contributed by atoms with Crippen LogP contribution < -0.4 is 9.80 Å². The fourth-order valence-corrected chi connectivity index (χ4v) is 6.46. The van der Waals surface area contributed by atoms with E-state index < -0.39 is 0 Å². The van der Waals surface area contributed by atoms with Crippen LogP contribution >= 0.6 is 23.4 Å². The van der Waals surface area contributed by atoms with Gasteiger partial charge in [0.15, 0.2) is 0 Å². The van der Waals surface area contributed by atoms with Gasteiger partial charge < -0.3 is 4.90 Å². The van der Waals surface area contributed by atoms with E-state index in [0.29, 0.717) is 10.7 Å². The van der Waals surface area contributed by atoms with Crippen molar-refractivity contribution < 1.29 is 14.5 Å². The van der Waals surface area contributed by atoms with E-state index in [9.17, 15) is 9.59 Å². The molecule has 3 aliphatic heterocycles. The number of halogens is 1. The first-order valence-corrected chi connectivity index (χ1v) is 10.3. The molecule has 5 atom stereocenters. The molecule has 5 rings (SSSR count). The molecule has 2 amide bonds. The summed E-state index contributed by atoms with van der Waals surface area (Å²) in [6.07, 6.45) is 0. The number of hydrogen-bond donors (Lipinski definition) is 1. The van der Waals surface area contributed by atoms with Crippen molar-refractivity contribution in [1.82, 2.24) is 0 Å². The molecule has 0 aromatic heterocycles. The standard InChI is InChI=1S/C20H17ClN2O2S/c21-13-6-4-5-12(9-13)18-17-16(15-10-26-11-22(15)18)19(24)23(20(17)25)14-7-2-1-3-8-14/h1-9,15-18H,10-11H2/p+1/t15-,16+,17+,18+/m0/s1. The summed E-state index contributed by atoms with van der Waals surface area (Å²) in [6, 6.07) is 17.2. The first kappa shape index (κ1) is 16.4. The highest BCUT2D eigenvalue weighted by atomic mass is 35.5. The Morgan fingerprint density at radius 1 is 1.00 bits per heavy atom. The molecule has 3 aliphatic rings. The minimum absolute atomic E-state index is 0.0103. The molecule has 26 heavy (non-hydrogen) atoms. The average Bonchev–Trinajstić information content (AvgIpc) is 3.28. The Hall–Kier alpha value is -1.82. The highest BCUT2D eigenvalue weighted by Gasteiger charge is 2.66. The SMILES string of the molecule is O=C1[C@@H]2[C@H](C(=O)N1c1ccccc1)[C@@H]1CSC[NH+]1[C@@H]2c1cccc(Cl)c1. The number of hydrogen-bond acceptors (Lipinski definition) is 3. The maximum Gasteiger partial charge on any atom is 0.244 e. The maximum absolute atomic E-state index is 13.3. The zero-order chi connectivity index (χ0) is 17.8. The zero-order valence-electron chi connectivity index (χ0n) is 14.0. The Labute approximate surface area is 161 Å². The summed E-state index contributed by atoms with van der Waals surface area (Å²) in [5, 5.41) is 0.672. The van der Waals surface area contributed by atoms with Crippen LogP contribution in [0.3, 0.4) is 0 Å². The predicted molar refractivity (Wildman–Crippen MR) is 102 cm³/mol. The number of imide groups is 1. The summed E-state index contributed by atoms with van der Waals surface area (Å²) in [5.74, 6) is 1.21. The fraction of sp³-hybridized carbons (Fsp3) is 0.300. The highest BCUT2D eigenvalue weighted by molar-refractivity contribution is 7.99. The van der Waals surface area contributed by atoms with Gasteiger partial charge in [0.05, 0.1) is 11.4 Å². The normalized spacial score (nSPS) is 32.8. The van der Waals surface area contributed by atoms with Crippen LogP contribution in [0.5, 0.6) is 0 Å². The molecule has 2 aromatic carbocycles. The molecular weight excluding hydrogens is 368 g/mol. The van der Waals surface area contributed by atoms with Crippen molar-refractivity contribution in [3.05, 3.63) is 65.2 Å². The monoisotopic (exact) mass is 385 g/mol. The second-order valence-electron chi connectivity index (χ2n) is 7.13. The molecule has 3 saturated heterocycles. The summed E-state index contributed by atoms with van der Waals surface area (Å²) in [7, 11) is 0. The van der Waals surface area contributed by atoms with E-state index in [4.69, 9.17) is 11.6 Å². The molecule has 6 heteroatoms. The Kier molecular flexibility index (Phi) is 3.85. The van der Waals surface area contributed by atoms with Gasteiger partial charge in [0.2, 0.25) is 11.8 Å². The topological polar surface area (TPSA) is 41.8 Å². The second-order valence-corrected chi connectivity index (χ2v) is 8.59. The van der Waals surface area contributed by atoms with Crippen LogP contribution in [0.1, 0.15) is 11.6 Å².